The van der Waals surface area contributed by atoms with Gasteiger partial charge in [-0.2, -0.15) is 4.31 Å². The summed E-state index contributed by atoms with van der Waals surface area (Å²) in [6.07, 6.45) is 2.99. The van der Waals surface area contributed by atoms with Crippen molar-refractivity contribution in [3.8, 4) is 0 Å². The number of ether oxygens (including phenoxy) is 1. The fraction of sp³-hybridized carbons (Fsp3) is 0.650. The first kappa shape index (κ1) is 21.2. The van der Waals surface area contributed by atoms with Crippen LogP contribution in [0.2, 0.25) is 0 Å². The monoisotopic (exact) mass is 409 g/mol. The molecule has 28 heavy (non-hydrogen) atoms. The number of rotatable bonds is 8. The molecule has 0 aromatic heterocycles. The summed E-state index contributed by atoms with van der Waals surface area (Å²) in [6, 6.07) is 8.59. The van der Waals surface area contributed by atoms with Crippen molar-refractivity contribution < 1.29 is 17.9 Å². The van der Waals surface area contributed by atoms with Gasteiger partial charge in [-0.25, -0.2) is 8.42 Å². The summed E-state index contributed by atoms with van der Waals surface area (Å²) < 4.78 is 32.5. The zero-order chi connectivity index (χ0) is 19.8. The van der Waals surface area contributed by atoms with Gasteiger partial charge in [0.1, 0.15) is 0 Å². The van der Waals surface area contributed by atoms with Crippen molar-refractivity contribution in [2.75, 3.05) is 52.5 Å². The van der Waals surface area contributed by atoms with Crippen molar-refractivity contribution in [1.29, 1.82) is 0 Å². The van der Waals surface area contributed by atoms with Crippen LogP contribution in [0.15, 0.2) is 35.2 Å². The van der Waals surface area contributed by atoms with Gasteiger partial charge in [-0.3, -0.25) is 9.69 Å². The molecule has 2 saturated heterocycles. The third kappa shape index (κ3) is 6.01. The number of benzene rings is 1. The van der Waals surface area contributed by atoms with E-state index >= 15 is 0 Å². The Kier molecular flexibility index (Phi) is 7.84. The zero-order valence-electron chi connectivity index (χ0n) is 16.4. The van der Waals surface area contributed by atoms with E-state index in [-0.39, 0.29) is 11.8 Å². The molecular formula is C20H31N3O4S. The fourth-order valence-electron chi connectivity index (χ4n) is 3.82. The van der Waals surface area contributed by atoms with Gasteiger partial charge >= 0.3 is 0 Å². The smallest absolute Gasteiger partial charge is 0.243 e. The topological polar surface area (TPSA) is 79.0 Å². The summed E-state index contributed by atoms with van der Waals surface area (Å²) in [7, 11) is -3.44. The number of carbonyl (C=O) groups excluding carboxylic acids is 1. The number of carbonyl (C=O) groups is 1. The van der Waals surface area contributed by atoms with Crippen LogP contribution in [0, 0.1) is 5.92 Å². The van der Waals surface area contributed by atoms with Crippen molar-refractivity contribution in [2.24, 2.45) is 5.92 Å². The standard InChI is InChI=1S/C20H31N3O4S/c24-20(21-10-12-22-13-15-27-16-14-22)9-8-18-5-4-11-23(17-18)28(25,26)19-6-2-1-3-7-19/h1-3,6-7,18H,4-5,8-17H2,(H,21,24). The van der Waals surface area contributed by atoms with Crippen molar-refractivity contribution in [3.63, 3.8) is 0 Å². The maximum Gasteiger partial charge on any atom is 0.243 e. The van der Waals surface area contributed by atoms with E-state index in [9.17, 15) is 13.2 Å². The van der Waals surface area contributed by atoms with Crippen molar-refractivity contribution in [2.45, 2.75) is 30.6 Å². The largest absolute Gasteiger partial charge is 0.379 e. The number of hydrogen-bond acceptors (Lipinski definition) is 5. The number of nitrogens with zero attached hydrogens (tertiary/aromatic N) is 2. The molecule has 1 amide bonds. The van der Waals surface area contributed by atoms with Gasteiger partial charge in [0.2, 0.25) is 15.9 Å². The van der Waals surface area contributed by atoms with Gasteiger partial charge in [0, 0.05) is 45.7 Å². The van der Waals surface area contributed by atoms with Crippen LogP contribution < -0.4 is 5.32 Å². The van der Waals surface area contributed by atoms with Gasteiger partial charge in [-0.05, 0) is 37.3 Å². The molecule has 1 atom stereocenters. The lowest BCUT2D eigenvalue weighted by atomic mass is 9.94. The average Bonchev–Trinajstić information content (AvgIpc) is 2.74. The maximum absolute atomic E-state index is 12.8. The van der Waals surface area contributed by atoms with E-state index in [4.69, 9.17) is 4.74 Å². The van der Waals surface area contributed by atoms with E-state index < -0.39 is 10.0 Å². The van der Waals surface area contributed by atoms with Crippen LogP contribution in [0.25, 0.3) is 0 Å². The van der Waals surface area contributed by atoms with Crippen molar-refractivity contribution in [3.05, 3.63) is 30.3 Å². The number of hydrogen-bond donors (Lipinski definition) is 1. The first-order valence-electron chi connectivity index (χ1n) is 10.2. The number of nitrogens with one attached hydrogen (secondary N) is 1. The van der Waals surface area contributed by atoms with Crippen molar-refractivity contribution >= 4 is 15.9 Å². The summed E-state index contributed by atoms with van der Waals surface area (Å²) >= 11 is 0. The number of morpholine rings is 1. The number of piperidine rings is 1. The summed E-state index contributed by atoms with van der Waals surface area (Å²) in [5.74, 6) is 0.286. The van der Waals surface area contributed by atoms with Gasteiger partial charge in [0.05, 0.1) is 18.1 Å². The highest BCUT2D eigenvalue weighted by Crippen LogP contribution is 2.26. The molecule has 2 heterocycles. The molecule has 8 heteroatoms. The molecule has 1 aromatic carbocycles. The Bertz CT molecular complexity index is 720. The minimum Gasteiger partial charge on any atom is -0.379 e. The first-order chi connectivity index (χ1) is 13.6. The Morgan fingerprint density at radius 3 is 2.64 bits per heavy atom. The van der Waals surface area contributed by atoms with Gasteiger partial charge < -0.3 is 10.1 Å². The molecular weight excluding hydrogens is 378 g/mol. The molecule has 1 unspecified atom stereocenters. The Hall–Kier alpha value is -1.48. The van der Waals surface area contributed by atoms with Crippen LogP contribution in [-0.4, -0.2) is 76.0 Å². The van der Waals surface area contributed by atoms with Crippen LogP contribution in [0.4, 0.5) is 0 Å². The number of amides is 1. The second kappa shape index (κ2) is 10.3. The highest BCUT2D eigenvalue weighted by molar-refractivity contribution is 7.89. The van der Waals surface area contributed by atoms with Crippen LogP contribution in [-0.2, 0) is 19.6 Å². The lowest BCUT2D eigenvalue weighted by Crippen LogP contribution is -2.42. The lowest BCUT2D eigenvalue weighted by molar-refractivity contribution is -0.121. The fourth-order valence-corrected chi connectivity index (χ4v) is 5.40. The predicted molar refractivity (Wildman–Crippen MR) is 107 cm³/mol. The third-order valence-electron chi connectivity index (χ3n) is 5.50. The molecule has 0 radical (unpaired) electrons. The Morgan fingerprint density at radius 1 is 1.14 bits per heavy atom. The second-order valence-electron chi connectivity index (χ2n) is 7.53. The third-order valence-corrected chi connectivity index (χ3v) is 7.38. The summed E-state index contributed by atoms with van der Waals surface area (Å²) in [4.78, 5) is 14.8. The van der Waals surface area contributed by atoms with E-state index in [1.165, 1.54) is 0 Å². The molecule has 0 saturated carbocycles. The molecule has 3 rings (SSSR count). The minimum atomic E-state index is -3.44. The zero-order valence-corrected chi connectivity index (χ0v) is 17.2. The first-order valence-corrected chi connectivity index (χ1v) is 11.6. The molecule has 0 spiro atoms. The molecule has 2 aliphatic rings. The van der Waals surface area contributed by atoms with Gasteiger partial charge in [-0.15, -0.1) is 0 Å². The molecule has 1 aromatic rings. The van der Waals surface area contributed by atoms with Crippen LogP contribution in [0.3, 0.4) is 0 Å². The Balaban J connectivity index is 1.40. The quantitative estimate of drug-likeness (QED) is 0.701. The van der Waals surface area contributed by atoms with E-state index in [0.29, 0.717) is 31.0 Å². The highest BCUT2D eigenvalue weighted by Gasteiger charge is 2.30. The lowest BCUT2D eigenvalue weighted by Gasteiger charge is -2.32. The highest BCUT2D eigenvalue weighted by atomic mass is 32.2. The van der Waals surface area contributed by atoms with E-state index in [1.54, 1.807) is 28.6 Å². The predicted octanol–water partition coefficient (Wildman–Crippen LogP) is 1.32. The summed E-state index contributed by atoms with van der Waals surface area (Å²) in [5, 5.41) is 2.98. The number of sulfonamides is 1. The normalized spacial score (nSPS) is 22.1. The summed E-state index contributed by atoms with van der Waals surface area (Å²) in [6.45, 7) is 5.92. The van der Waals surface area contributed by atoms with Crippen LogP contribution in [0.1, 0.15) is 25.7 Å². The molecule has 2 aliphatic heterocycles. The van der Waals surface area contributed by atoms with E-state index in [2.05, 4.69) is 10.2 Å². The second-order valence-corrected chi connectivity index (χ2v) is 9.46. The van der Waals surface area contributed by atoms with Crippen LogP contribution >= 0.6 is 0 Å². The molecule has 2 fully saturated rings. The van der Waals surface area contributed by atoms with E-state index in [0.717, 1.165) is 52.1 Å². The molecule has 7 nitrogen and oxygen atoms in total. The van der Waals surface area contributed by atoms with Gasteiger partial charge in [0.15, 0.2) is 0 Å². The Labute approximate surface area is 168 Å². The average molecular weight is 410 g/mol. The van der Waals surface area contributed by atoms with Crippen molar-refractivity contribution in [1.82, 2.24) is 14.5 Å². The molecule has 0 bridgehead atoms. The SMILES string of the molecule is O=C(CCC1CCCN(S(=O)(=O)c2ccccc2)C1)NCCN1CCOCC1. The molecule has 0 aliphatic carbocycles. The Morgan fingerprint density at radius 2 is 1.89 bits per heavy atom. The summed E-state index contributed by atoms with van der Waals surface area (Å²) in [5.41, 5.74) is 0. The molecule has 156 valence electrons. The van der Waals surface area contributed by atoms with E-state index in [1.807, 2.05) is 6.07 Å². The molecule has 1 N–H and O–H groups in total. The minimum absolute atomic E-state index is 0.0521. The maximum atomic E-state index is 12.8. The van der Waals surface area contributed by atoms with Gasteiger partial charge in [-0.1, -0.05) is 18.2 Å². The van der Waals surface area contributed by atoms with Gasteiger partial charge in [0.25, 0.3) is 0 Å². The van der Waals surface area contributed by atoms with Crippen LogP contribution in [0.5, 0.6) is 0 Å².